The molecular weight excluding hydrogens is 306 g/mol. The molecule has 1 N–H and O–H groups in total. The summed E-state index contributed by atoms with van der Waals surface area (Å²) in [6.07, 6.45) is 3.62. The normalized spacial score (nSPS) is 23.3. The summed E-state index contributed by atoms with van der Waals surface area (Å²) in [5.41, 5.74) is 2.35. The zero-order chi connectivity index (χ0) is 13.7. The molecule has 1 heterocycles. The number of halogens is 1. The first-order valence-electron chi connectivity index (χ1n) is 6.89. The van der Waals surface area contributed by atoms with E-state index in [1.165, 1.54) is 5.56 Å². The average molecular weight is 328 g/mol. The van der Waals surface area contributed by atoms with Gasteiger partial charge in [-0.15, -0.1) is 0 Å². The molecule has 0 aromatic heterocycles. The van der Waals surface area contributed by atoms with E-state index in [0.717, 1.165) is 36.0 Å². The summed E-state index contributed by atoms with van der Waals surface area (Å²) in [7, 11) is 1.73. The number of rotatable bonds is 5. The van der Waals surface area contributed by atoms with E-state index in [2.05, 4.69) is 46.4 Å². The predicted octanol–water partition coefficient (Wildman–Crippen LogP) is 3.97. The predicted molar refractivity (Wildman–Crippen MR) is 81.5 cm³/mol. The number of benzene rings is 1. The fourth-order valence-corrected chi connectivity index (χ4v) is 2.98. The lowest BCUT2D eigenvalue weighted by Crippen LogP contribution is -2.34. The summed E-state index contributed by atoms with van der Waals surface area (Å²) in [5.74, 6) is 0. The summed E-state index contributed by atoms with van der Waals surface area (Å²) in [4.78, 5) is 0. The van der Waals surface area contributed by atoms with Crippen LogP contribution in [0.5, 0.6) is 0 Å². The van der Waals surface area contributed by atoms with E-state index in [1.807, 2.05) is 0 Å². The van der Waals surface area contributed by atoms with Gasteiger partial charge in [0.2, 0.25) is 0 Å². The molecule has 1 aromatic carbocycles. The fraction of sp³-hybridized carbons (Fsp3) is 0.600. The first-order chi connectivity index (χ1) is 9.24. The molecular formula is C15H22BrNO2. The smallest absolute Gasteiger partial charge is 0.0744 e. The number of methoxy groups -OCH3 is 1. The second-order valence-electron chi connectivity index (χ2n) is 4.97. The van der Waals surface area contributed by atoms with Gasteiger partial charge in [-0.3, -0.25) is 0 Å². The molecule has 1 saturated heterocycles. The summed E-state index contributed by atoms with van der Waals surface area (Å²) >= 11 is 3.59. The minimum Gasteiger partial charge on any atom is -0.382 e. The van der Waals surface area contributed by atoms with Crippen molar-refractivity contribution in [3.8, 4) is 0 Å². The van der Waals surface area contributed by atoms with Crippen LogP contribution in [0.1, 0.15) is 31.7 Å². The number of ether oxygens (including phenoxy) is 2. The third-order valence-corrected chi connectivity index (χ3v) is 4.33. The van der Waals surface area contributed by atoms with E-state index in [1.54, 1.807) is 7.11 Å². The van der Waals surface area contributed by atoms with E-state index in [0.29, 0.717) is 18.8 Å². The molecule has 2 atom stereocenters. The number of nitrogens with one attached hydrogen (secondary N) is 1. The van der Waals surface area contributed by atoms with Crippen LogP contribution in [0, 0.1) is 0 Å². The van der Waals surface area contributed by atoms with Crippen molar-refractivity contribution in [1.29, 1.82) is 0 Å². The van der Waals surface area contributed by atoms with Crippen LogP contribution < -0.4 is 5.32 Å². The highest BCUT2D eigenvalue weighted by Gasteiger charge is 2.22. The first kappa shape index (κ1) is 14.8. The number of hydrogen-bond acceptors (Lipinski definition) is 3. The van der Waals surface area contributed by atoms with Crippen molar-refractivity contribution in [2.24, 2.45) is 0 Å². The number of anilines is 1. The maximum absolute atomic E-state index is 5.72. The van der Waals surface area contributed by atoms with Crippen molar-refractivity contribution < 1.29 is 9.47 Å². The average Bonchev–Trinajstić information content (AvgIpc) is 2.43. The SMILES string of the molecule is CCC1CC(Nc2cccc(Br)c2COC)CCO1. The minimum atomic E-state index is 0.393. The van der Waals surface area contributed by atoms with Crippen molar-refractivity contribution in [3.63, 3.8) is 0 Å². The number of hydrogen-bond donors (Lipinski definition) is 1. The van der Waals surface area contributed by atoms with Gasteiger partial charge in [0.05, 0.1) is 12.7 Å². The van der Waals surface area contributed by atoms with E-state index >= 15 is 0 Å². The molecule has 1 aliphatic heterocycles. The van der Waals surface area contributed by atoms with Gasteiger partial charge >= 0.3 is 0 Å². The van der Waals surface area contributed by atoms with Gasteiger partial charge in [0.25, 0.3) is 0 Å². The van der Waals surface area contributed by atoms with Crippen LogP contribution in [-0.2, 0) is 16.1 Å². The third-order valence-electron chi connectivity index (χ3n) is 3.59. The first-order valence-corrected chi connectivity index (χ1v) is 7.68. The Labute approximate surface area is 123 Å². The highest BCUT2D eigenvalue weighted by Crippen LogP contribution is 2.28. The van der Waals surface area contributed by atoms with E-state index in [4.69, 9.17) is 9.47 Å². The summed E-state index contributed by atoms with van der Waals surface area (Å²) in [6, 6.07) is 6.72. The molecule has 3 nitrogen and oxygen atoms in total. The van der Waals surface area contributed by atoms with Gasteiger partial charge in [-0.25, -0.2) is 0 Å². The largest absolute Gasteiger partial charge is 0.382 e. The monoisotopic (exact) mass is 327 g/mol. The molecule has 0 amide bonds. The van der Waals surface area contributed by atoms with Crippen LogP contribution in [0.2, 0.25) is 0 Å². The standard InChI is InChI=1S/C15H22BrNO2/c1-3-12-9-11(7-8-19-12)17-15-6-4-5-14(16)13(15)10-18-2/h4-6,11-12,17H,3,7-10H2,1-2H3. The van der Waals surface area contributed by atoms with E-state index in [9.17, 15) is 0 Å². The molecule has 2 unspecified atom stereocenters. The molecule has 0 bridgehead atoms. The molecule has 106 valence electrons. The second-order valence-corrected chi connectivity index (χ2v) is 5.82. The lowest BCUT2D eigenvalue weighted by molar-refractivity contribution is 0.00923. The van der Waals surface area contributed by atoms with E-state index in [-0.39, 0.29) is 0 Å². The molecule has 1 fully saturated rings. The Balaban J connectivity index is 2.07. The van der Waals surface area contributed by atoms with Crippen LogP contribution in [0.3, 0.4) is 0 Å². The van der Waals surface area contributed by atoms with Gasteiger partial charge in [-0.2, -0.15) is 0 Å². The Morgan fingerprint density at radius 2 is 2.32 bits per heavy atom. The third kappa shape index (κ3) is 3.94. The van der Waals surface area contributed by atoms with Gasteiger partial charge in [0.15, 0.2) is 0 Å². The van der Waals surface area contributed by atoms with Crippen molar-refractivity contribution in [2.75, 3.05) is 19.0 Å². The summed E-state index contributed by atoms with van der Waals surface area (Å²) < 4.78 is 12.1. The Morgan fingerprint density at radius 3 is 3.05 bits per heavy atom. The van der Waals surface area contributed by atoms with Crippen molar-refractivity contribution in [3.05, 3.63) is 28.2 Å². The molecule has 0 saturated carbocycles. The Hall–Kier alpha value is -0.580. The molecule has 19 heavy (non-hydrogen) atoms. The van der Waals surface area contributed by atoms with Gasteiger partial charge < -0.3 is 14.8 Å². The van der Waals surface area contributed by atoms with Crippen molar-refractivity contribution >= 4 is 21.6 Å². The maximum atomic E-state index is 5.72. The summed E-state index contributed by atoms with van der Waals surface area (Å²) in [5, 5.41) is 3.65. The van der Waals surface area contributed by atoms with Gasteiger partial charge in [-0.05, 0) is 31.4 Å². The highest BCUT2D eigenvalue weighted by atomic mass is 79.9. The molecule has 1 aliphatic rings. The van der Waals surface area contributed by atoms with Crippen LogP contribution in [0.4, 0.5) is 5.69 Å². The summed E-state index contributed by atoms with van der Waals surface area (Å²) in [6.45, 7) is 3.65. The Bertz CT molecular complexity index is 411. The Morgan fingerprint density at radius 1 is 1.47 bits per heavy atom. The van der Waals surface area contributed by atoms with E-state index < -0.39 is 0 Å². The van der Waals surface area contributed by atoms with Crippen LogP contribution >= 0.6 is 15.9 Å². The second kappa shape index (κ2) is 7.27. The quantitative estimate of drug-likeness (QED) is 0.887. The molecule has 0 radical (unpaired) electrons. The lowest BCUT2D eigenvalue weighted by Gasteiger charge is -2.31. The minimum absolute atomic E-state index is 0.393. The van der Waals surface area contributed by atoms with Crippen molar-refractivity contribution in [2.45, 2.75) is 44.9 Å². The fourth-order valence-electron chi connectivity index (χ4n) is 2.50. The molecule has 0 aliphatic carbocycles. The highest BCUT2D eigenvalue weighted by molar-refractivity contribution is 9.10. The van der Waals surface area contributed by atoms with Crippen LogP contribution in [0.15, 0.2) is 22.7 Å². The zero-order valence-electron chi connectivity index (χ0n) is 11.6. The van der Waals surface area contributed by atoms with Crippen molar-refractivity contribution in [1.82, 2.24) is 0 Å². The topological polar surface area (TPSA) is 30.5 Å². The molecule has 1 aromatic rings. The van der Waals surface area contributed by atoms with Crippen LogP contribution in [0.25, 0.3) is 0 Å². The molecule has 4 heteroatoms. The zero-order valence-corrected chi connectivity index (χ0v) is 13.2. The van der Waals surface area contributed by atoms with Crippen LogP contribution in [-0.4, -0.2) is 25.9 Å². The molecule has 0 spiro atoms. The Kier molecular flexibility index (Phi) is 5.67. The maximum Gasteiger partial charge on any atom is 0.0744 e. The molecule has 2 rings (SSSR count). The van der Waals surface area contributed by atoms with Gasteiger partial charge in [0.1, 0.15) is 0 Å². The van der Waals surface area contributed by atoms with Gasteiger partial charge in [0, 0.05) is 35.5 Å². The lowest BCUT2D eigenvalue weighted by atomic mass is 10.0. The van der Waals surface area contributed by atoms with Gasteiger partial charge in [-0.1, -0.05) is 28.9 Å².